The van der Waals surface area contributed by atoms with Crippen LogP contribution in [0, 0.1) is 0 Å². The minimum Gasteiger partial charge on any atom is -0.451 e. The van der Waals surface area contributed by atoms with Gasteiger partial charge in [-0.15, -0.1) is 0 Å². The van der Waals surface area contributed by atoms with Gasteiger partial charge in [-0.05, 0) is 54.7 Å². The van der Waals surface area contributed by atoms with E-state index in [2.05, 4.69) is 32.7 Å². The molecule has 0 spiro atoms. The fourth-order valence-electron chi connectivity index (χ4n) is 3.53. The normalized spacial score (nSPS) is 13.8. The SMILES string of the molecule is O=C(NC(=S)Nc1nc2ccc(N3CCOCC3)cc2s1)c1ccc(-c2cccc(Cl)c2)o1. The van der Waals surface area contributed by atoms with Gasteiger partial charge in [0.2, 0.25) is 0 Å². The first kappa shape index (κ1) is 21.8. The Balaban J connectivity index is 1.24. The maximum absolute atomic E-state index is 12.6. The maximum atomic E-state index is 12.6. The number of thiocarbonyl (C=S) groups is 1. The summed E-state index contributed by atoms with van der Waals surface area (Å²) < 4.78 is 12.1. The Morgan fingerprint density at radius 2 is 1.97 bits per heavy atom. The number of aromatic nitrogens is 1. The molecule has 0 bridgehead atoms. The highest BCUT2D eigenvalue weighted by Crippen LogP contribution is 2.30. The summed E-state index contributed by atoms with van der Waals surface area (Å²) in [6.45, 7) is 3.21. The highest BCUT2D eigenvalue weighted by atomic mass is 35.5. The molecule has 33 heavy (non-hydrogen) atoms. The van der Waals surface area contributed by atoms with Gasteiger partial charge in [0.1, 0.15) is 5.76 Å². The predicted octanol–water partition coefficient (Wildman–Crippen LogP) is 5.17. The molecular weight excluding hydrogens is 480 g/mol. The molecule has 1 aliphatic rings. The van der Waals surface area contributed by atoms with Gasteiger partial charge in [0.15, 0.2) is 16.0 Å². The topological polar surface area (TPSA) is 79.6 Å². The lowest BCUT2D eigenvalue weighted by molar-refractivity contribution is 0.0951. The molecule has 168 valence electrons. The second kappa shape index (κ2) is 9.48. The highest BCUT2D eigenvalue weighted by molar-refractivity contribution is 7.80. The van der Waals surface area contributed by atoms with Crippen molar-refractivity contribution in [1.29, 1.82) is 0 Å². The summed E-state index contributed by atoms with van der Waals surface area (Å²) in [6, 6.07) is 16.7. The number of carbonyl (C=O) groups excluding carboxylic acids is 1. The Hall–Kier alpha value is -2.98. The molecule has 2 N–H and O–H groups in total. The van der Waals surface area contributed by atoms with Gasteiger partial charge in [-0.2, -0.15) is 0 Å². The first-order valence-electron chi connectivity index (χ1n) is 10.3. The molecular formula is C23H19ClN4O3S2. The van der Waals surface area contributed by atoms with Crippen LogP contribution < -0.4 is 15.5 Å². The quantitative estimate of drug-likeness (QED) is 0.375. The van der Waals surface area contributed by atoms with E-state index in [4.69, 9.17) is 33.0 Å². The molecule has 1 amide bonds. The number of ether oxygens (including phenoxy) is 1. The number of anilines is 2. The number of benzene rings is 2. The van der Waals surface area contributed by atoms with Crippen LogP contribution >= 0.6 is 35.2 Å². The molecule has 0 atom stereocenters. The Morgan fingerprint density at radius 1 is 1.12 bits per heavy atom. The Kier molecular flexibility index (Phi) is 6.28. The number of amides is 1. The molecule has 10 heteroatoms. The van der Waals surface area contributed by atoms with Crippen molar-refractivity contribution in [2.45, 2.75) is 0 Å². The minimum absolute atomic E-state index is 0.146. The maximum Gasteiger partial charge on any atom is 0.293 e. The van der Waals surface area contributed by atoms with Crippen molar-refractivity contribution in [2.24, 2.45) is 0 Å². The van der Waals surface area contributed by atoms with Crippen molar-refractivity contribution >= 4 is 67.2 Å². The number of hydrogen-bond donors (Lipinski definition) is 2. The lowest BCUT2D eigenvalue weighted by Gasteiger charge is -2.28. The Bertz CT molecular complexity index is 1330. The van der Waals surface area contributed by atoms with Gasteiger partial charge in [0, 0.05) is 29.4 Å². The molecule has 2 aromatic heterocycles. The van der Waals surface area contributed by atoms with Gasteiger partial charge >= 0.3 is 0 Å². The molecule has 1 aliphatic heterocycles. The summed E-state index contributed by atoms with van der Waals surface area (Å²) in [5.41, 5.74) is 2.80. The first-order valence-corrected chi connectivity index (χ1v) is 11.9. The molecule has 0 saturated carbocycles. The standard InChI is InChI=1S/C23H19ClN4O3S2/c24-15-3-1-2-14(12-15)18-6-7-19(31-18)21(29)26-22(32)27-23-25-17-5-4-16(13-20(17)33-23)28-8-10-30-11-9-28/h1-7,12-13H,8-11H2,(H2,25,26,27,29,32). The summed E-state index contributed by atoms with van der Waals surface area (Å²) in [6.07, 6.45) is 0. The van der Waals surface area contributed by atoms with E-state index in [0.717, 1.165) is 47.8 Å². The van der Waals surface area contributed by atoms with Crippen molar-refractivity contribution in [2.75, 3.05) is 36.5 Å². The second-order valence-electron chi connectivity index (χ2n) is 7.35. The zero-order valence-corrected chi connectivity index (χ0v) is 19.7. The molecule has 4 aromatic rings. The van der Waals surface area contributed by atoms with Crippen molar-refractivity contribution in [1.82, 2.24) is 10.3 Å². The van der Waals surface area contributed by atoms with Gasteiger partial charge in [-0.3, -0.25) is 10.1 Å². The number of hydrogen-bond acceptors (Lipinski definition) is 7. The van der Waals surface area contributed by atoms with E-state index in [-0.39, 0.29) is 10.9 Å². The number of nitrogens with one attached hydrogen (secondary N) is 2. The molecule has 0 unspecified atom stereocenters. The van der Waals surface area contributed by atoms with Gasteiger partial charge in [0.25, 0.3) is 5.91 Å². The molecule has 0 radical (unpaired) electrons. The van der Waals surface area contributed by atoms with E-state index in [9.17, 15) is 4.79 Å². The Morgan fingerprint density at radius 3 is 2.79 bits per heavy atom. The van der Waals surface area contributed by atoms with Gasteiger partial charge in [0.05, 0.1) is 23.4 Å². The number of thiazole rings is 1. The van der Waals surface area contributed by atoms with Crippen LogP contribution in [0.3, 0.4) is 0 Å². The summed E-state index contributed by atoms with van der Waals surface area (Å²) in [4.78, 5) is 19.4. The molecule has 1 saturated heterocycles. The van der Waals surface area contributed by atoms with Gasteiger partial charge < -0.3 is 19.4 Å². The van der Waals surface area contributed by atoms with Crippen molar-refractivity contribution in [3.05, 3.63) is 65.4 Å². The van der Waals surface area contributed by atoms with Crippen molar-refractivity contribution in [3.8, 4) is 11.3 Å². The zero-order valence-electron chi connectivity index (χ0n) is 17.3. The number of halogens is 1. The third-order valence-electron chi connectivity index (χ3n) is 5.13. The number of morpholine rings is 1. The molecule has 1 fully saturated rings. The van der Waals surface area contributed by atoms with Crippen LogP contribution in [-0.2, 0) is 4.74 Å². The molecule has 5 rings (SSSR count). The second-order valence-corrected chi connectivity index (χ2v) is 9.23. The third kappa shape index (κ3) is 5.01. The van der Waals surface area contributed by atoms with E-state index < -0.39 is 5.91 Å². The van der Waals surface area contributed by atoms with E-state index in [1.54, 1.807) is 24.3 Å². The number of nitrogens with zero attached hydrogens (tertiary/aromatic N) is 2. The fraction of sp³-hybridized carbons (Fsp3) is 0.174. The van der Waals surface area contributed by atoms with Crippen LogP contribution in [0.25, 0.3) is 21.5 Å². The van der Waals surface area contributed by atoms with Crippen LogP contribution in [0.15, 0.2) is 59.0 Å². The fourth-order valence-corrected chi connectivity index (χ4v) is 4.88. The largest absolute Gasteiger partial charge is 0.451 e. The smallest absolute Gasteiger partial charge is 0.293 e. The zero-order chi connectivity index (χ0) is 22.8. The van der Waals surface area contributed by atoms with E-state index in [1.807, 2.05) is 18.2 Å². The lowest BCUT2D eigenvalue weighted by Crippen LogP contribution is -2.36. The summed E-state index contributed by atoms with van der Waals surface area (Å²) in [5, 5.41) is 6.97. The molecule has 0 aliphatic carbocycles. The van der Waals surface area contributed by atoms with E-state index >= 15 is 0 Å². The Labute approximate surface area is 204 Å². The van der Waals surface area contributed by atoms with Gasteiger partial charge in [-0.25, -0.2) is 4.98 Å². The molecule has 7 nitrogen and oxygen atoms in total. The van der Waals surface area contributed by atoms with Crippen molar-refractivity contribution in [3.63, 3.8) is 0 Å². The van der Waals surface area contributed by atoms with Crippen LogP contribution in [0.1, 0.15) is 10.6 Å². The first-order chi connectivity index (χ1) is 16.0. The minimum atomic E-state index is -0.448. The molecule has 3 heterocycles. The average Bonchev–Trinajstić information content (AvgIpc) is 3.46. The number of fused-ring (bicyclic) bond motifs is 1. The van der Waals surface area contributed by atoms with Crippen LogP contribution in [-0.4, -0.2) is 42.3 Å². The van der Waals surface area contributed by atoms with Gasteiger partial charge in [-0.1, -0.05) is 35.1 Å². The highest BCUT2D eigenvalue weighted by Gasteiger charge is 2.16. The van der Waals surface area contributed by atoms with E-state index in [0.29, 0.717) is 15.9 Å². The number of furan rings is 1. The summed E-state index contributed by atoms with van der Waals surface area (Å²) in [7, 11) is 0. The number of rotatable bonds is 4. The monoisotopic (exact) mass is 498 g/mol. The van der Waals surface area contributed by atoms with E-state index in [1.165, 1.54) is 11.3 Å². The third-order valence-corrected chi connectivity index (χ3v) is 6.51. The van der Waals surface area contributed by atoms with Crippen LogP contribution in [0.4, 0.5) is 10.8 Å². The predicted molar refractivity (Wildman–Crippen MR) is 135 cm³/mol. The lowest BCUT2D eigenvalue weighted by atomic mass is 10.2. The summed E-state index contributed by atoms with van der Waals surface area (Å²) in [5.74, 6) is 0.244. The molecule has 2 aromatic carbocycles. The summed E-state index contributed by atoms with van der Waals surface area (Å²) >= 11 is 12.8. The van der Waals surface area contributed by atoms with Crippen LogP contribution in [0.5, 0.6) is 0 Å². The van der Waals surface area contributed by atoms with Crippen molar-refractivity contribution < 1.29 is 13.9 Å². The number of carbonyl (C=O) groups is 1. The average molecular weight is 499 g/mol. The van der Waals surface area contributed by atoms with Crippen LogP contribution in [0.2, 0.25) is 5.02 Å².